The summed E-state index contributed by atoms with van der Waals surface area (Å²) in [6.07, 6.45) is 0.944. The molecule has 0 saturated carbocycles. The van der Waals surface area contributed by atoms with Crippen LogP contribution in [0.5, 0.6) is 0 Å². The molecule has 0 heterocycles. The largest absolute Gasteiger partial charge is 0.464 e. The molecule has 0 fully saturated rings. The van der Waals surface area contributed by atoms with Gasteiger partial charge in [0.05, 0.1) is 0 Å². The molecule has 0 aliphatic heterocycles. The molecule has 0 unspecified atom stereocenters. The molecule has 7 heavy (non-hydrogen) atoms. The molecule has 2 heteroatoms. The zero-order valence-electron chi connectivity index (χ0n) is 4.85. The Hall–Kier alpha value is 1.06. The predicted molar refractivity (Wildman–Crippen MR) is 28.0 cm³/mol. The molecule has 0 atom stereocenters. The van der Waals surface area contributed by atoms with Crippen LogP contribution in [0.15, 0.2) is 0 Å². The monoisotopic (exact) mass is 174 g/mol. The first-order valence-corrected chi connectivity index (χ1v) is 2.08. The zero-order valence-corrected chi connectivity index (χ0v) is 7.69. The van der Waals surface area contributed by atoms with Crippen LogP contribution in [0.25, 0.3) is 0 Å². The molecule has 1 radical (unpaired) electrons. The molecule has 1 nitrogen and oxygen atoms in total. The molecule has 0 amide bonds. The Morgan fingerprint density at radius 3 is 2.00 bits per heavy atom. The van der Waals surface area contributed by atoms with Crippen LogP contribution >= 0.6 is 0 Å². The van der Waals surface area contributed by atoms with Crippen molar-refractivity contribution in [2.75, 3.05) is 13.6 Å². The van der Waals surface area contributed by atoms with Gasteiger partial charge in [-0.1, -0.05) is 6.54 Å². The summed E-state index contributed by atoms with van der Waals surface area (Å²) in [6, 6.07) is 0. The normalized spacial score (nSPS) is 8.57. The smallest absolute Gasteiger partial charge is 0 e. The minimum Gasteiger partial charge on any atom is -0.464 e. The number of hydrogen-bond donors (Lipinski definition) is 0. The zero-order chi connectivity index (χ0) is 4.99. The fraction of sp³-hybridized carbons (Fsp3) is 0.600. The van der Waals surface area contributed by atoms with E-state index in [0.717, 1.165) is 13.0 Å². The molecule has 41 valence electrons. The molecule has 0 aromatic heterocycles. The Balaban J connectivity index is 0. The topological polar surface area (TPSA) is 3.24 Å². The van der Waals surface area contributed by atoms with Crippen molar-refractivity contribution in [3.05, 3.63) is 14.0 Å². The quantitative estimate of drug-likeness (QED) is 0.563. The summed E-state index contributed by atoms with van der Waals surface area (Å²) in [4.78, 5) is 1.87. The molecular formula is C5H11NY-2. The summed E-state index contributed by atoms with van der Waals surface area (Å²) in [5.74, 6) is 0. The molecule has 0 spiro atoms. The molecular weight excluding hydrogens is 163 g/mol. The molecule has 0 aromatic rings. The van der Waals surface area contributed by atoms with Gasteiger partial charge in [0.1, 0.15) is 0 Å². The molecule has 0 aliphatic carbocycles. The van der Waals surface area contributed by atoms with Crippen LogP contribution in [0.3, 0.4) is 0 Å². The van der Waals surface area contributed by atoms with Crippen LogP contribution in [0, 0.1) is 14.0 Å². The summed E-state index contributed by atoms with van der Waals surface area (Å²) in [7, 11) is 5.56. The van der Waals surface area contributed by atoms with Crippen LogP contribution in [0.1, 0.15) is 6.42 Å². The predicted octanol–water partition coefficient (Wildman–Crippen LogP) is 0.931. The number of rotatable bonds is 2. The van der Waals surface area contributed by atoms with E-state index >= 15 is 0 Å². The second kappa shape index (κ2) is 7.06. The Labute approximate surface area is 71.3 Å². The van der Waals surface area contributed by atoms with Crippen LogP contribution < -0.4 is 0 Å². The van der Waals surface area contributed by atoms with Crippen molar-refractivity contribution in [1.29, 1.82) is 0 Å². The average molecular weight is 174 g/mol. The molecule has 0 saturated heterocycles. The summed E-state index contributed by atoms with van der Waals surface area (Å²) in [5, 5.41) is 0. The van der Waals surface area contributed by atoms with Gasteiger partial charge in [0.2, 0.25) is 0 Å². The molecule has 0 rings (SSSR count). The van der Waals surface area contributed by atoms with Crippen molar-refractivity contribution in [1.82, 2.24) is 4.90 Å². The van der Waals surface area contributed by atoms with E-state index in [1.165, 1.54) is 0 Å². The van der Waals surface area contributed by atoms with Gasteiger partial charge in [-0.25, -0.2) is 0 Å². The van der Waals surface area contributed by atoms with Gasteiger partial charge >= 0.3 is 0 Å². The average Bonchev–Trinajstić information content (AvgIpc) is 1.35. The van der Waals surface area contributed by atoms with E-state index in [1.54, 1.807) is 0 Å². The van der Waals surface area contributed by atoms with E-state index in [1.807, 2.05) is 11.9 Å². The van der Waals surface area contributed by atoms with E-state index < -0.39 is 0 Å². The maximum Gasteiger partial charge on any atom is 0 e. The van der Waals surface area contributed by atoms with E-state index in [2.05, 4.69) is 14.0 Å². The van der Waals surface area contributed by atoms with E-state index in [4.69, 9.17) is 0 Å². The molecule has 0 aliphatic rings. The summed E-state index contributed by atoms with van der Waals surface area (Å²) >= 11 is 0. The van der Waals surface area contributed by atoms with Crippen molar-refractivity contribution in [2.24, 2.45) is 0 Å². The Morgan fingerprint density at radius 1 is 1.57 bits per heavy atom. The fourth-order valence-electron chi connectivity index (χ4n) is 0.270. The van der Waals surface area contributed by atoms with Gasteiger partial charge in [0.15, 0.2) is 0 Å². The third-order valence-corrected chi connectivity index (χ3v) is 0.540. The van der Waals surface area contributed by atoms with Crippen molar-refractivity contribution in [3.8, 4) is 0 Å². The molecule has 0 aromatic carbocycles. The second-order valence-corrected chi connectivity index (χ2v) is 1.43. The Bertz CT molecular complexity index is 29.3. The minimum atomic E-state index is 0. The minimum absolute atomic E-state index is 0. The van der Waals surface area contributed by atoms with E-state index in [9.17, 15) is 0 Å². The summed E-state index contributed by atoms with van der Waals surface area (Å²) in [6.45, 7) is 4.63. The van der Waals surface area contributed by atoms with Gasteiger partial charge in [-0.05, 0) is 7.05 Å². The Morgan fingerprint density at radius 2 is 2.00 bits per heavy atom. The number of hydrogen-bond acceptors (Lipinski definition) is 1. The Kier molecular flexibility index (Phi) is 11.0. The molecule has 0 N–H and O–H groups in total. The van der Waals surface area contributed by atoms with Crippen molar-refractivity contribution < 1.29 is 32.7 Å². The van der Waals surface area contributed by atoms with E-state index in [-0.39, 0.29) is 32.7 Å². The summed E-state index contributed by atoms with van der Waals surface area (Å²) in [5.41, 5.74) is 0. The first-order valence-electron chi connectivity index (χ1n) is 2.08. The third-order valence-electron chi connectivity index (χ3n) is 0.540. The van der Waals surface area contributed by atoms with Crippen molar-refractivity contribution in [3.63, 3.8) is 0 Å². The SMILES string of the molecule is [CH2-]CCN([CH2-])C.[Y]. The first-order chi connectivity index (χ1) is 2.77. The first kappa shape index (κ1) is 10.9. The molecule has 0 bridgehead atoms. The van der Waals surface area contributed by atoms with Crippen molar-refractivity contribution >= 4 is 0 Å². The van der Waals surface area contributed by atoms with E-state index in [0.29, 0.717) is 0 Å². The van der Waals surface area contributed by atoms with Gasteiger partial charge in [-0.15, -0.1) is 0 Å². The van der Waals surface area contributed by atoms with Gasteiger partial charge in [0, 0.05) is 32.7 Å². The standard InChI is InChI=1S/C5H11N.Y/c1-4-5-6(2)3;/h1-2,4-5H2,3H3;/q-2;. The van der Waals surface area contributed by atoms with Gasteiger partial charge in [0.25, 0.3) is 0 Å². The van der Waals surface area contributed by atoms with Crippen LogP contribution in [-0.2, 0) is 32.7 Å². The fourth-order valence-corrected chi connectivity index (χ4v) is 0.270. The summed E-state index contributed by atoms with van der Waals surface area (Å²) < 4.78 is 0. The van der Waals surface area contributed by atoms with Crippen molar-refractivity contribution in [2.45, 2.75) is 6.42 Å². The van der Waals surface area contributed by atoms with Crippen LogP contribution in [-0.4, -0.2) is 18.5 Å². The third kappa shape index (κ3) is 11.0. The number of nitrogens with zero attached hydrogens (tertiary/aromatic N) is 1. The van der Waals surface area contributed by atoms with Crippen LogP contribution in [0.2, 0.25) is 0 Å². The maximum atomic E-state index is 3.64. The van der Waals surface area contributed by atoms with Crippen LogP contribution in [0.4, 0.5) is 0 Å². The maximum absolute atomic E-state index is 3.64. The van der Waals surface area contributed by atoms with Gasteiger partial charge < -0.3 is 11.8 Å². The van der Waals surface area contributed by atoms with Gasteiger partial charge in [-0.2, -0.15) is 6.42 Å². The second-order valence-electron chi connectivity index (χ2n) is 1.43. The van der Waals surface area contributed by atoms with Gasteiger partial charge in [-0.3, -0.25) is 7.05 Å².